The van der Waals surface area contributed by atoms with E-state index in [9.17, 15) is 8.42 Å². The maximum absolute atomic E-state index is 11.5. The summed E-state index contributed by atoms with van der Waals surface area (Å²) in [5.41, 5.74) is 1.61. The molecule has 0 saturated carbocycles. The Bertz CT molecular complexity index is 712. The molecule has 0 fully saturated rings. The Morgan fingerprint density at radius 3 is 2.38 bits per heavy atom. The molecule has 0 aliphatic carbocycles. The average molecular weight is 325 g/mol. The summed E-state index contributed by atoms with van der Waals surface area (Å²) in [5.74, 6) is 0.652. The minimum absolute atomic E-state index is 0.0471. The monoisotopic (exact) mass is 324 g/mol. The summed E-state index contributed by atoms with van der Waals surface area (Å²) in [6, 6.07) is 14.2. The Balaban J connectivity index is 2.56. The molecule has 0 bridgehead atoms. The molecular formula is C16H17ClO3S. The van der Waals surface area contributed by atoms with Gasteiger partial charge in [0.25, 0.3) is 9.05 Å². The van der Waals surface area contributed by atoms with Crippen LogP contribution in [-0.4, -0.2) is 14.5 Å². The lowest BCUT2D eigenvalue weighted by atomic mass is 10.0. The molecule has 2 aromatic rings. The second-order valence-corrected chi connectivity index (χ2v) is 7.36. The molecule has 0 amide bonds. The van der Waals surface area contributed by atoms with Crippen LogP contribution in [0.2, 0.25) is 0 Å². The first-order valence-corrected chi connectivity index (χ1v) is 9.03. The highest BCUT2D eigenvalue weighted by Crippen LogP contribution is 2.34. The average Bonchev–Trinajstić information content (AvgIpc) is 2.47. The van der Waals surface area contributed by atoms with Gasteiger partial charge in [0.05, 0.1) is 11.0 Å². The van der Waals surface area contributed by atoms with Crippen LogP contribution in [0.5, 0.6) is 5.75 Å². The summed E-state index contributed by atoms with van der Waals surface area (Å²) in [5, 5.41) is 0. The lowest BCUT2D eigenvalue weighted by Crippen LogP contribution is -2.10. The Hall–Kier alpha value is -1.52. The summed E-state index contributed by atoms with van der Waals surface area (Å²) in [4.78, 5) is 0.0690. The van der Waals surface area contributed by atoms with Gasteiger partial charge >= 0.3 is 0 Å². The predicted octanol–water partition coefficient (Wildman–Crippen LogP) is 4.46. The summed E-state index contributed by atoms with van der Waals surface area (Å²) < 4.78 is 28.9. The Kier molecular flexibility index (Phi) is 4.91. The van der Waals surface area contributed by atoms with Crippen molar-refractivity contribution < 1.29 is 13.2 Å². The van der Waals surface area contributed by atoms with Gasteiger partial charge in [0.2, 0.25) is 0 Å². The number of halogens is 1. The standard InChI is InChI=1S/C16H17ClO3S/c1-3-12(2)20-16-10-9-14(21(17,18)19)11-15(16)13-7-5-4-6-8-13/h4-12H,3H2,1-2H3. The van der Waals surface area contributed by atoms with E-state index in [1.54, 1.807) is 12.1 Å². The third-order valence-electron chi connectivity index (χ3n) is 3.22. The van der Waals surface area contributed by atoms with Crippen LogP contribution in [0.25, 0.3) is 11.1 Å². The fourth-order valence-electron chi connectivity index (χ4n) is 1.91. The fraction of sp³-hybridized carbons (Fsp3) is 0.250. The first-order chi connectivity index (χ1) is 9.91. The van der Waals surface area contributed by atoms with E-state index in [2.05, 4.69) is 0 Å². The smallest absolute Gasteiger partial charge is 0.261 e. The third-order valence-corrected chi connectivity index (χ3v) is 4.57. The molecule has 0 spiro atoms. The van der Waals surface area contributed by atoms with Crippen molar-refractivity contribution in [2.24, 2.45) is 0 Å². The summed E-state index contributed by atoms with van der Waals surface area (Å²) >= 11 is 0. The zero-order valence-electron chi connectivity index (χ0n) is 11.9. The van der Waals surface area contributed by atoms with Crippen LogP contribution in [0, 0.1) is 0 Å². The second-order valence-electron chi connectivity index (χ2n) is 4.80. The lowest BCUT2D eigenvalue weighted by molar-refractivity contribution is 0.218. The normalized spacial score (nSPS) is 12.9. The maximum Gasteiger partial charge on any atom is 0.261 e. The number of hydrogen-bond donors (Lipinski definition) is 0. The fourth-order valence-corrected chi connectivity index (χ4v) is 2.68. The number of rotatable bonds is 5. The van der Waals surface area contributed by atoms with E-state index in [0.717, 1.165) is 17.5 Å². The molecule has 0 saturated heterocycles. The molecule has 3 nitrogen and oxygen atoms in total. The van der Waals surface area contributed by atoms with Gasteiger partial charge < -0.3 is 4.74 Å². The van der Waals surface area contributed by atoms with E-state index in [0.29, 0.717) is 5.75 Å². The molecule has 0 aromatic heterocycles. The van der Waals surface area contributed by atoms with Gasteiger partial charge in [0.1, 0.15) is 5.75 Å². The molecule has 1 unspecified atom stereocenters. The quantitative estimate of drug-likeness (QED) is 0.763. The van der Waals surface area contributed by atoms with E-state index in [1.165, 1.54) is 6.07 Å². The van der Waals surface area contributed by atoms with Crippen LogP contribution >= 0.6 is 10.7 Å². The predicted molar refractivity (Wildman–Crippen MR) is 85.3 cm³/mol. The molecule has 0 radical (unpaired) electrons. The van der Waals surface area contributed by atoms with Gasteiger partial charge in [-0.2, -0.15) is 0 Å². The van der Waals surface area contributed by atoms with Crippen molar-refractivity contribution in [3.8, 4) is 16.9 Å². The van der Waals surface area contributed by atoms with E-state index in [-0.39, 0.29) is 11.0 Å². The maximum atomic E-state index is 11.5. The molecule has 0 aliphatic rings. The van der Waals surface area contributed by atoms with Gasteiger partial charge in [0, 0.05) is 16.2 Å². The van der Waals surface area contributed by atoms with E-state index in [4.69, 9.17) is 15.4 Å². The molecule has 0 N–H and O–H groups in total. The molecule has 1 atom stereocenters. The Morgan fingerprint density at radius 1 is 1.14 bits per heavy atom. The molecule has 112 valence electrons. The van der Waals surface area contributed by atoms with Crippen molar-refractivity contribution in [1.82, 2.24) is 0 Å². The van der Waals surface area contributed by atoms with Crippen LogP contribution in [0.15, 0.2) is 53.4 Å². The van der Waals surface area contributed by atoms with E-state index >= 15 is 0 Å². The van der Waals surface area contributed by atoms with Gasteiger partial charge in [-0.25, -0.2) is 8.42 Å². The van der Waals surface area contributed by atoms with Crippen molar-refractivity contribution in [2.45, 2.75) is 31.3 Å². The number of ether oxygens (including phenoxy) is 1. The van der Waals surface area contributed by atoms with Crippen molar-refractivity contribution in [3.63, 3.8) is 0 Å². The highest BCUT2D eigenvalue weighted by Gasteiger charge is 2.16. The third kappa shape index (κ3) is 3.99. The summed E-state index contributed by atoms with van der Waals surface area (Å²) in [7, 11) is 1.67. The second kappa shape index (κ2) is 6.50. The zero-order valence-corrected chi connectivity index (χ0v) is 13.5. The minimum atomic E-state index is -3.77. The largest absolute Gasteiger partial charge is 0.490 e. The van der Waals surface area contributed by atoms with Crippen molar-refractivity contribution >= 4 is 19.7 Å². The molecule has 5 heteroatoms. The topological polar surface area (TPSA) is 43.4 Å². The van der Waals surface area contributed by atoms with Crippen molar-refractivity contribution in [2.75, 3.05) is 0 Å². The molecule has 0 aliphatic heterocycles. The SMILES string of the molecule is CCC(C)Oc1ccc(S(=O)(=O)Cl)cc1-c1ccccc1. The summed E-state index contributed by atoms with van der Waals surface area (Å²) in [6.45, 7) is 4.01. The van der Waals surface area contributed by atoms with Crippen LogP contribution in [0.4, 0.5) is 0 Å². The first kappa shape index (κ1) is 15.9. The summed E-state index contributed by atoms with van der Waals surface area (Å²) in [6.07, 6.45) is 0.912. The van der Waals surface area contributed by atoms with Gasteiger partial charge in [-0.3, -0.25) is 0 Å². The number of hydrogen-bond acceptors (Lipinski definition) is 3. The van der Waals surface area contributed by atoms with E-state index in [1.807, 2.05) is 44.2 Å². The van der Waals surface area contributed by atoms with Gasteiger partial charge in [0.15, 0.2) is 0 Å². The highest BCUT2D eigenvalue weighted by molar-refractivity contribution is 8.13. The molecular weight excluding hydrogens is 308 g/mol. The minimum Gasteiger partial charge on any atom is -0.490 e. The Morgan fingerprint density at radius 2 is 1.81 bits per heavy atom. The van der Waals surface area contributed by atoms with Crippen LogP contribution in [0.1, 0.15) is 20.3 Å². The Labute approximate surface area is 129 Å². The lowest BCUT2D eigenvalue weighted by Gasteiger charge is -2.17. The van der Waals surface area contributed by atoms with Crippen molar-refractivity contribution in [1.29, 1.82) is 0 Å². The van der Waals surface area contributed by atoms with Gasteiger partial charge in [-0.15, -0.1) is 0 Å². The molecule has 2 aromatic carbocycles. The zero-order chi connectivity index (χ0) is 15.5. The molecule has 21 heavy (non-hydrogen) atoms. The van der Waals surface area contributed by atoms with E-state index < -0.39 is 9.05 Å². The van der Waals surface area contributed by atoms with Crippen LogP contribution in [-0.2, 0) is 9.05 Å². The first-order valence-electron chi connectivity index (χ1n) is 6.72. The van der Waals surface area contributed by atoms with Gasteiger partial charge in [-0.1, -0.05) is 37.3 Å². The van der Waals surface area contributed by atoms with Crippen LogP contribution < -0.4 is 4.74 Å². The number of benzene rings is 2. The van der Waals surface area contributed by atoms with Crippen LogP contribution in [0.3, 0.4) is 0 Å². The van der Waals surface area contributed by atoms with Gasteiger partial charge in [-0.05, 0) is 37.1 Å². The highest BCUT2D eigenvalue weighted by atomic mass is 35.7. The van der Waals surface area contributed by atoms with Crippen molar-refractivity contribution in [3.05, 3.63) is 48.5 Å². The molecule has 0 heterocycles. The molecule has 2 rings (SSSR count).